The molecule has 138 valence electrons. The van der Waals surface area contributed by atoms with Gasteiger partial charge in [-0.05, 0) is 18.5 Å². The number of aryl methyl sites for hydroxylation is 1. The van der Waals surface area contributed by atoms with E-state index in [1.54, 1.807) is 23.3 Å². The first kappa shape index (κ1) is 21.9. The summed E-state index contributed by atoms with van der Waals surface area (Å²) in [5.74, 6) is 0.0145. The predicted molar refractivity (Wildman–Crippen MR) is 105 cm³/mol. The quantitative estimate of drug-likeness (QED) is 0.608. The maximum absolute atomic E-state index is 14.9. The van der Waals surface area contributed by atoms with Crippen LogP contribution >= 0.6 is 47.8 Å². The molecule has 3 aromatic rings. The molecule has 3 heterocycles. The Bertz CT molecular complexity index is 837. The van der Waals surface area contributed by atoms with E-state index in [1.807, 2.05) is 6.92 Å². The number of aromatic nitrogens is 4. The Balaban J connectivity index is 0.00000156. The number of thiazole rings is 1. The van der Waals surface area contributed by atoms with Gasteiger partial charge in [0.25, 0.3) is 0 Å². The number of rotatable bonds is 5. The van der Waals surface area contributed by atoms with Gasteiger partial charge in [0, 0.05) is 30.6 Å². The van der Waals surface area contributed by atoms with Gasteiger partial charge in [-0.15, -0.1) is 36.2 Å². The largest absolute Gasteiger partial charge is 0.364 e. The summed E-state index contributed by atoms with van der Waals surface area (Å²) in [6.45, 7) is 2.32. The van der Waals surface area contributed by atoms with Crippen molar-refractivity contribution < 1.29 is 4.39 Å². The van der Waals surface area contributed by atoms with Crippen molar-refractivity contribution in [2.75, 3.05) is 5.32 Å². The van der Waals surface area contributed by atoms with Crippen LogP contribution in [0.5, 0.6) is 0 Å². The van der Waals surface area contributed by atoms with Gasteiger partial charge in [-0.2, -0.15) is 9.97 Å². The van der Waals surface area contributed by atoms with Crippen LogP contribution < -0.4 is 11.1 Å². The number of nitrogens with zero attached hydrogens (tertiary/aromatic N) is 4. The van der Waals surface area contributed by atoms with Crippen molar-refractivity contribution in [2.45, 2.75) is 25.9 Å². The Hall–Kier alpha value is -1.19. The third-order valence-electron chi connectivity index (χ3n) is 3.49. The lowest BCUT2D eigenvalue weighted by Crippen LogP contribution is -2.20. The molecule has 3 N–H and O–H groups in total. The van der Waals surface area contributed by atoms with Crippen LogP contribution in [0.2, 0.25) is 5.28 Å². The summed E-state index contributed by atoms with van der Waals surface area (Å²) < 4.78 is 16.5. The summed E-state index contributed by atoms with van der Waals surface area (Å²) in [5, 5.41) is 3.51. The molecule has 0 aliphatic rings. The third kappa shape index (κ3) is 4.51. The molecule has 0 aromatic carbocycles. The van der Waals surface area contributed by atoms with Gasteiger partial charge >= 0.3 is 0 Å². The fraction of sp³-hybridized carbons (Fsp3) is 0.357. The number of nitrogens with two attached hydrogens (primary N) is 1. The van der Waals surface area contributed by atoms with Crippen molar-refractivity contribution in [1.29, 1.82) is 0 Å². The molecule has 0 saturated heterocycles. The Kier molecular flexibility index (Phi) is 7.83. The van der Waals surface area contributed by atoms with E-state index in [0.29, 0.717) is 35.5 Å². The van der Waals surface area contributed by atoms with E-state index in [4.69, 9.17) is 17.3 Å². The standard InChI is InChI=1S/C14H16ClFN6S.2ClH/c1-7(17)3-9-11(16)10-12(19-5-8-4-18-6-23-8)20-14(15)21-13(10)22(9)2;;/h4,6-7H,3,5,17H2,1-2H3,(H,19,20,21);2*1H. The lowest BCUT2D eigenvalue weighted by molar-refractivity contribution is 0.586. The first-order valence-corrected chi connectivity index (χ1v) is 8.30. The molecule has 11 heteroatoms. The molecular formula is C14H18Cl3FN6S. The van der Waals surface area contributed by atoms with E-state index in [9.17, 15) is 4.39 Å². The maximum atomic E-state index is 14.9. The zero-order valence-corrected chi connectivity index (χ0v) is 16.7. The zero-order valence-electron chi connectivity index (χ0n) is 13.5. The fourth-order valence-electron chi connectivity index (χ4n) is 2.45. The molecule has 0 aliphatic heterocycles. The van der Waals surface area contributed by atoms with Crippen molar-refractivity contribution in [3.8, 4) is 0 Å². The second-order valence-electron chi connectivity index (χ2n) is 5.36. The van der Waals surface area contributed by atoms with Crippen molar-refractivity contribution in [3.63, 3.8) is 0 Å². The minimum atomic E-state index is -0.358. The number of hydrogen-bond donors (Lipinski definition) is 2. The van der Waals surface area contributed by atoms with Gasteiger partial charge in [0.15, 0.2) is 5.82 Å². The maximum Gasteiger partial charge on any atom is 0.226 e. The zero-order chi connectivity index (χ0) is 16.6. The highest BCUT2D eigenvalue weighted by molar-refractivity contribution is 7.09. The van der Waals surface area contributed by atoms with Crippen LogP contribution in [0.15, 0.2) is 11.7 Å². The molecule has 6 nitrogen and oxygen atoms in total. The number of nitrogens with one attached hydrogen (secondary N) is 1. The first-order valence-electron chi connectivity index (χ1n) is 7.04. The highest BCUT2D eigenvalue weighted by atomic mass is 35.5. The summed E-state index contributed by atoms with van der Waals surface area (Å²) in [6, 6.07) is -0.162. The second kappa shape index (κ2) is 8.95. The monoisotopic (exact) mass is 426 g/mol. The van der Waals surface area contributed by atoms with Gasteiger partial charge < -0.3 is 15.6 Å². The van der Waals surface area contributed by atoms with Gasteiger partial charge in [0.2, 0.25) is 5.28 Å². The van der Waals surface area contributed by atoms with Gasteiger partial charge in [-0.25, -0.2) is 4.39 Å². The number of fused-ring (bicyclic) bond motifs is 1. The lowest BCUT2D eigenvalue weighted by Gasteiger charge is -2.06. The van der Waals surface area contributed by atoms with E-state index in [2.05, 4.69) is 20.3 Å². The lowest BCUT2D eigenvalue weighted by atomic mass is 10.2. The van der Waals surface area contributed by atoms with Crippen LogP contribution in [0.1, 0.15) is 17.5 Å². The Labute approximate surface area is 165 Å². The third-order valence-corrected chi connectivity index (χ3v) is 4.44. The summed E-state index contributed by atoms with van der Waals surface area (Å²) in [6.07, 6.45) is 2.16. The molecule has 0 aliphatic carbocycles. The summed E-state index contributed by atoms with van der Waals surface area (Å²) in [4.78, 5) is 13.3. The predicted octanol–water partition coefficient (Wildman–Crippen LogP) is 3.56. The minimum absolute atomic E-state index is 0. The topological polar surface area (TPSA) is 81.7 Å². The molecule has 3 rings (SSSR count). The minimum Gasteiger partial charge on any atom is -0.364 e. The van der Waals surface area contributed by atoms with Gasteiger partial charge in [-0.1, -0.05) is 0 Å². The Morgan fingerprint density at radius 2 is 2.12 bits per heavy atom. The summed E-state index contributed by atoms with van der Waals surface area (Å²) in [7, 11) is 1.75. The molecule has 25 heavy (non-hydrogen) atoms. The Morgan fingerprint density at radius 3 is 2.72 bits per heavy atom. The van der Waals surface area contributed by atoms with E-state index >= 15 is 0 Å². The van der Waals surface area contributed by atoms with Crippen molar-refractivity contribution in [1.82, 2.24) is 19.5 Å². The summed E-state index contributed by atoms with van der Waals surface area (Å²) >= 11 is 7.50. The molecule has 1 atom stereocenters. The van der Waals surface area contributed by atoms with Crippen LogP contribution in [-0.2, 0) is 20.0 Å². The van der Waals surface area contributed by atoms with E-state index in [1.165, 1.54) is 11.3 Å². The van der Waals surface area contributed by atoms with Crippen LogP contribution in [-0.4, -0.2) is 25.6 Å². The molecule has 0 bridgehead atoms. The second-order valence-corrected chi connectivity index (χ2v) is 6.67. The highest BCUT2D eigenvalue weighted by Gasteiger charge is 2.22. The number of halogens is 4. The van der Waals surface area contributed by atoms with Crippen LogP contribution in [0.4, 0.5) is 10.2 Å². The molecular weight excluding hydrogens is 410 g/mol. The smallest absolute Gasteiger partial charge is 0.226 e. The normalized spacial score (nSPS) is 11.7. The van der Waals surface area contributed by atoms with Gasteiger partial charge in [0.1, 0.15) is 11.5 Å². The van der Waals surface area contributed by atoms with Crippen LogP contribution in [0.25, 0.3) is 11.0 Å². The highest BCUT2D eigenvalue weighted by Crippen LogP contribution is 2.30. The number of hydrogen-bond acceptors (Lipinski definition) is 6. The molecule has 0 saturated carbocycles. The van der Waals surface area contributed by atoms with Gasteiger partial charge in [0.05, 0.1) is 23.1 Å². The van der Waals surface area contributed by atoms with Crippen LogP contribution in [0, 0.1) is 5.82 Å². The molecule has 0 fully saturated rings. The molecule has 0 spiro atoms. The Morgan fingerprint density at radius 1 is 1.40 bits per heavy atom. The molecule has 3 aromatic heterocycles. The van der Waals surface area contributed by atoms with Crippen molar-refractivity contribution in [2.24, 2.45) is 12.8 Å². The summed E-state index contributed by atoms with van der Waals surface area (Å²) in [5.41, 5.74) is 8.49. The first-order chi connectivity index (χ1) is 11.0. The van der Waals surface area contributed by atoms with Crippen LogP contribution in [0.3, 0.4) is 0 Å². The molecule has 0 radical (unpaired) electrons. The molecule has 1 unspecified atom stereocenters. The fourth-order valence-corrected chi connectivity index (χ4v) is 3.15. The van der Waals surface area contributed by atoms with Gasteiger partial charge in [-0.3, -0.25) is 4.98 Å². The number of anilines is 1. The average molecular weight is 428 g/mol. The molecule has 0 amide bonds. The van der Waals surface area contributed by atoms with Crippen molar-refractivity contribution in [3.05, 3.63) is 33.4 Å². The SMILES string of the molecule is CC(N)Cc1c(F)c2c(NCc3cncs3)nc(Cl)nc2n1C.Cl.Cl. The van der Waals surface area contributed by atoms with E-state index in [0.717, 1.165) is 4.88 Å². The average Bonchev–Trinajstić information content (AvgIpc) is 3.08. The van der Waals surface area contributed by atoms with E-state index in [-0.39, 0.29) is 42.0 Å². The van der Waals surface area contributed by atoms with Crippen molar-refractivity contribution >= 4 is 64.6 Å². The van der Waals surface area contributed by atoms with E-state index < -0.39 is 0 Å².